The second kappa shape index (κ2) is 10.4. The van der Waals surface area contributed by atoms with Crippen LogP contribution >= 0.6 is 0 Å². The molecular weight excluding hydrogens is 489 g/mol. The number of benzene rings is 2. The molecule has 188 valence electrons. The Balaban J connectivity index is 1.90. The summed E-state index contributed by atoms with van der Waals surface area (Å²) in [6.07, 6.45) is -1.14. The second-order valence-corrected chi connectivity index (χ2v) is 9.64. The average Bonchev–Trinajstić information content (AvgIpc) is 3.25. The van der Waals surface area contributed by atoms with Crippen molar-refractivity contribution in [3.05, 3.63) is 71.2 Å². The molecule has 0 fully saturated rings. The number of aromatic nitrogens is 1. The van der Waals surface area contributed by atoms with E-state index in [0.717, 1.165) is 12.3 Å². The van der Waals surface area contributed by atoms with Crippen LogP contribution in [0.1, 0.15) is 25.0 Å². The lowest BCUT2D eigenvalue weighted by Crippen LogP contribution is -2.37. The van der Waals surface area contributed by atoms with Crippen molar-refractivity contribution in [2.24, 2.45) is 0 Å². The molecule has 1 amide bonds. The summed E-state index contributed by atoms with van der Waals surface area (Å²) in [6, 6.07) is 7.01. The monoisotopic (exact) mass is 512 g/mol. The zero-order valence-corrected chi connectivity index (χ0v) is 19.8. The van der Waals surface area contributed by atoms with Gasteiger partial charge in [-0.05, 0) is 44.7 Å². The zero-order valence-electron chi connectivity index (χ0n) is 19.0. The first-order chi connectivity index (χ1) is 16.4. The van der Waals surface area contributed by atoms with E-state index in [1.54, 1.807) is 12.1 Å². The average molecular weight is 513 g/mol. The molecule has 0 spiro atoms. The molecule has 0 aliphatic heterocycles. The molecule has 0 saturated carbocycles. The highest BCUT2D eigenvalue weighted by molar-refractivity contribution is 7.93. The zero-order chi connectivity index (χ0) is 25.9. The number of nitrogens with zero attached hydrogens (tertiary/aromatic N) is 3. The van der Waals surface area contributed by atoms with Crippen LogP contribution in [0, 0.1) is 17.5 Å². The lowest BCUT2D eigenvalue weighted by Gasteiger charge is -2.23. The minimum atomic E-state index is -5.24. The van der Waals surface area contributed by atoms with Crippen LogP contribution in [0.25, 0.3) is 0 Å². The van der Waals surface area contributed by atoms with E-state index in [4.69, 9.17) is 0 Å². The highest BCUT2D eigenvalue weighted by Crippen LogP contribution is 2.29. The van der Waals surface area contributed by atoms with Gasteiger partial charge in [0.25, 0.3) is 10.0 Å². The van der Waals surface area contributed by atoms with Crippen molar-refractivity contribution in [1.82, 2.24) is 10.1 Å². The standard InChI is InChI=1S/C22H23F3N4O5S/c1-13(2)28(3)12-14-5-4-6-17(23)16(14)11-26-15-9-18(24)21(19(25)10-15)35(32,33)29(22(30)31)20-7-8-34-27-20/h4-10,13,26H,11-12H2,1-3H3,(H,30,31). The van der Waals surface area contributed by atoms with Gasteiger partial charge in [0.15, 0.2) is 10.7 Å². The number of carboxylic acid groups (broad SMARTS) is 1. The Morgan fingerprint density at radius 2 is 1.80 bits per heavy atom. The Morgan fingerprint density at radius 3 is 2.34 bits per heavy atom. The van der Waals surface area contributed by atoms with E-state index >= 15 is 0 Å². The molecule has 0 saturated heterocycles. The van der Waals surface area contributed by atoms with Crippen LogP contribution in [0.2, 0.25) is 0 Å². The Bertz CT molecular complexity index is 1290. The van der Waals surface area contributed by atoms with Gasteiger partial charge in [0, 0.05) is 36.4 Å². The van der Waals surface area contributed by atoms with E-state index in [2.05, 4.69) is 15.0 Å². The number of hydrogen-bond donors (Lipinski definition) is 2. The number of amides is 1. The first kappa shape index (κ1) is 26.0. The quantitative estimate of drug-likeness (QED) is 0.433. The minimum absolute atomic E-state index is 0.140. The van der Waals surface area contributed by atoms with Gasteiger partial charge in [0.1, 0.15) is 23.7 Å². The summed E-state index contributed by atoms with van der Waals surface area (Å²) < 4.78 is 73.8. The molecule has 13 heteroatoms. The van der Waals surface area contributed by atoms with Gasteiger partial charge in [-0.3, -0.25) is 4.90 Å². The van der Waals surface area contributed by atoms with Crippen LogP contribution in [-0.4, -0.2) is 42.8 Å². The summed E-state index contributed by atoms with van der Waals surface area (Å²) in [5.74, 6) is -4.31. The molecule has 0 radical (unpaired) electrons. The minimum Gasteiger partial charge on any atom is -0.464 e. The summed E-state index contributed by atoms with van der Waals surface area (Å²) in [5, 5.41) is 15.2. The lowest BCUT2D eigenvalue weighted by molar-refractivity contribution is 0.205. The Hall–Kier alpha value is -3.58. The van der Waals surface area contributed by atoms with Crippen molar-refractivity contribution < 1.29 is 36.0 Å². The van der Waals surface area contributed by atoms with Crippen LogP contribution in [0.15, 0.2) is 52.1 Å². The van der Waals surface area contributed by atoms with E-state index in [-0.39, 0.29) is 28.1 Å². The number of carbonyl (C=O) groups is 1. The van der Waals surface area contributed by atoms with Crippen molar-refractivity contribution in [3.63, 3.8) is 0 Å². The molecule has 3 rings (SSSR count). The van der Waals surface area contributed by atoms with Gasteiger partial charge in [0.2, 0.25) is 0 Å². The van der Waals surface area contributed by atoms with Gasteiger partial charge >= 0.3 is 6.09 Å². The molecule has 0 aliphatic carbocycles. The van der Waals surface area contributed by atoms with Crippen molar-refractivity contribution in [2.75, 3.05) is 16.7 Å². The first-order valence-electron chi connectivity index (χ1n) is 10.3. The fourth-order valence-corrected chi connectivity index (χ4v) is 4.57. The van der Waals surface area contributed by atoms with Crippen molar-refractivity contribution in [3.8, 4) is 0 Å². The highest BCUT2D eigenvalue weighted by atomic mass is 32.2. The molecule has 0 atom stereocenters. The molecule has 9 nitrogen and oxygen atoms in total. The summed E-state index contributed by atoms with van der Waals surface area (Å²) in [4.78, 5) is 12.0. The molecule has 1 heterocycles. The third kappa shape index (κ3) is 5.57. The van der Waals surface area contributed by atoms with Gasteiger partial charge in [-0.1, -0.05) is 17.3 Å². The number of anilines is 2. The number of hydrogen-bond acceptors (Lipinski definition) is 7. The third-order valence-electron chi connectivity index (χ3n) is 5.29. The Kier molecular flexibility index (Phi) is 7.70. The predicted molar refractivity (Wildman–Crippen MR) is 121 cm³/mol. The molecule has 0 aliphatic rings. The lowest BCUT2D eigenvalue weighted by atomic mass is 10.1. The van der Waals surface area contributed by atoms with Crippen molar-refractivity contribution in [2.45, 2.75) is 37.9 Å². The first-order valence-corrected chi connectivity index (χ1v) is 11.8. The number of nitrogens with one attached hydrogen (secondary N) is 1. The second-order valence-electron chi connectivity index (χ2n) is 7.92. The summed E-state index contributed by atoms with van der Waals surface area (Å²) in [6.45, 7) is 4.25. The van der Waals surface area contributed by atoms with Crippen LogP contribution in [-0.2, 0) is 23.1 Å². The maximum Gasteiger partial charge on any atom is 0.427 e. The summed E-state index contributed by atoms with van der Waals surface area (Å²) in [5.41, 5.74) is 0.771. The molecule has 0 unspecified atom stereocenters. The normalized spacial score (nSPS) is 11.8. The largest absolute Gasteiger partial charge is 0.464 e. The number of sulfonamides is 1. The molecular formula is C22H23F3N4O5S. The van der Waals surface area contributed by atoms with Gasteiger partial charge in [-0.15, -0.1) is 4.31 Å². The fraction of sp³-hybridized carbons (Fsp3) is 0.273. The van der Waals surface area contributed by atoms with Crippen LogP contribution in [0.4, 0.5) is 29.5 Å². The van der Waals surface area contributed by atoms with Gasteiger partial charge in [0.05, 0.1) is 0 Å². The van der Waals surface area contributed by atoms with Crippen molar-refractivity contribution >= 4 is 27.6 Å². The maximum absolute atomic E-state index is 14.8. The van der Waals surface area contributed by atoms with Crippen molar-refractivity contribution in [1.29, 1.82) is 0 Å². The molecule has 2 aromatic carbocycles. The Labute approximate surface area is 199 Å². The van der Waals surface area contributed by atoms with E-state index in [1.807, 2.05) is 25.8 Å². The number of rotatable bonds is 9. The van der Waals surface area contributed by atoms with E-state index < -0.39 is 44.3 Å². The topological polar surface area (TPSA) is 116 Å². The molecule has 35 heavy (non-hydrogen) atoms. The van der Waals surface area contributed by atoms with E-state index in [0.29, 0.717) is 24.2 Å². The van der Waals surface area contributed by atoms with Crippen LogP contribution in [0.3, 0.4) is 0 Å². The van der Waals surface area contributed by atoms with Crippen LogP contribution in [0.5, 0.6) is 0 Å². The SMILES string of the molecule is CC(C)N(C)Cc1cccc(F)c1CNc1cc(F)c(S(=O)(=O)N(C(=O)O)c2ccon2)c(F)c1. The smallest absolute Gasteiger partial charge is 0.427 e. The predicted octanol–water partition coefficient (Wildman–Crippen LogP) is 4.42. The van der Waals surface area contributed by atoms with Gasteiger partial charge < -0.3 is 14.9 Å². The fourth-order valence-electron chi connectivity index (χ4n) is 3.23. The van der Waals surface area contributed by atoms with E-state index in [1.165, 1.54) is 6.07 Å². The van der Waals surface area contributed by atoms with Gasteiger partial charge in [-0.25, -0.2) is 26.4 Å². The summed E-state index contributed by atoms with van der Waals surface area (Å²) >= 11 is 0. The maximum atomic E-state index is 14.8. The third-order valence-corrected chi connectivity index (χ3v) is 7.02. The Morgan fingerprint density at radius 1 is 1.14 bits per heavy atom. The molecule has 1 aromatic heterocycles. The molecule has 0 bridgehead atoms. The number of halogens is 3. The van der Waals surface area contributed by atoms with Crippen LogP contribution < -0.4 is 9.62 Å². The van der Waals surface area contributed by atoms with E-state index in [9.17, 15) is 31.5 Å². The van der Waals surface area contributed by atoms with Gasteiger partial charge in [-0.2, -0.15) is 0 Å². The molecule has 2 N–H and O–H groups in total. The molecule has 3 aromatic rings. The highest BCUT2D eigenvalue weighted by Gasteiger charge is 2.37. The summed E-state index contributed by atoms with van der Waals surface area (Å²) in [7, 11) is -3.36.